The quantitative estimate of drug-likeness (QED) is 0.817. The van der Waals surface area contributed by atoms with E-state index in [0.29, 0.717) is 12.3 Å². The Morgan fingerprint density at radius 2 is 1.91 bits per heavy atom. The van der Waals surface area contributed by atoms with Gasteiger partial charge in [-0.05, 0) is 17.5 Å². The van der Waals surface area contributed by atoms with Gasteiger partial charge in [0.05, 0.1) is 0 Å². The summed E-state index contributed by atoms with van der Waals surface area (Å²) in [6.07, 6.45) is 1.38. The van der Waals surface area contributed by atoms with Gasteiger partial charge in [-0.3, -0.25) is 14.5 Å². The smallest absolute Gasteiger partial charge is 0.225 e. The van der Waals surface area contributed by atoms with Crippen LogP contribution in [0.25, 0.3) is 0 Å². The van der Waals surface area contributed by atoms with Gasteiger partial charge in [-0.15, -0.1) is 0 Å². The molecule has 0 spiro atoms. The van der Waals surface area contributed by atoms with Crippen molar-refractivity contribution in [1.29, 1.82) is 0 Å². The number of benzene rings is 1. The van der Waals surface area contributed by atoms with E-state index in [1.807, 2.05) is 18.2 Å². The molecule has 2 rings (SSSR count). The highest BCUT2D eigenvalue weighted by molar-refractivity contribution is 5.91. The van der Waals surface area contributed by atoms with E-state index in [9.17, 15) is 9.59 Å². The maximum Gasteiger partial charge on any atom is 0.225 e. The van der Waals surface area contributed by atoms with E-state index < -0.39 is 0 Å². The summed E-state index contributed by atoms with van der Waals surface area (Å²) < 4.78 is 0. The molecule has 1 N–H and O–H groups in total. The fourth-order valence-corrected chi connectivity index (χ4v) is 2.68. The molecule has 5 heteroatoms. The van der Waals surface area contributed by atoms with Crippen molar-refractivity contribution in [3.8, 4) is 0 Å². The van der Waals surface area contributed by atoms with Gasteiger partial charge in [-0.1, -0.05) is 32.0 Å². The van der Waals surface area contributed by atoms with Gasteiger partial charge in [-0.2, -0.15) is 0 Å². The fourth-order valence-electron chi connectivity index (χ4n) is 2.68. The Hall–Kier alpha value is -1.88. The molecular formula is C17H25N3O2. The van der Waals surface area contributed by atoms with Crippen LogP contribution in [0, 0.1) is 0 Å². The third-order valence-corrected chi connectivity index (χ3v) is 4.07. The number of piperazine rings is 1. The summed E-state index contributed by atoms with van der Waals surface area (Å²) >= 11 is 0. The average Bonchev–Trinajstić information content (AvgIpc) is 2.53. The van der Waals surface area contributed by atoms with E-state index in [1.54, 1.807) is 4.90 Å². The monoisotopic (exact) mass is 303 g/mol. The molecule has 0 atom stereocenters. The van der Waals surface area contributed by atoms with Crippen LogP contribution in [0.1, 0.15) is 31.7 Å². The first-order chi connectivity index (χ1) is 10.6. The van der Waals surface area contributed by atoms with Crippen molar-refractivity contribution in [1.82, 2.24) is 9.80 Å². The van der Waals surface area contributed by atoms with Crippen molar-refractivity contribution >= 4 is 18.0 Å². The zero-order valence-electron chi connectivity index (χ0n) is 13.4. The second-order valence-electron chi connectivity index (χ2n) is 6.02. The Labute approximate surface area is 132 Å². The zero-order valence-corrected chi connectivity index (χ0v) is 13.4. The minimum atomic E-state index is 0.0471. The zero-order chi connectivity index (χ0) is 15.9. The second kappa shape index (κ2) is 7.94. The number of hydrogen-bond donors (Lipinski definition) is 1. The molecule has 1 fully saturated rings. The van der Waals surface area contributed by atoms with E-state index >= 15 is 0 Å². The summed E-state index contributed by atoms with van der Waals surface area (Å²) in [6, 6.07) is 7.95. The van der Waals surface area contributed by atoms with Crippen molar-refractivity contribution in [3.63, 3.8) is 0 Å². The van der Waals surface area contributed by atoms with E-state index in [0.717, 1.165) is 50.4 Å². The lowest BCUT2D eigenvalue weighted by molar-refractivity contribution is -0.120. The van der Waals surface area contributed by atoms with Gasteiger partial charge in [0.25, 0.3) is 0 Å². The maximum atomic E-state index is 12.1. The van der Waals surface area contributed by atoms with Crippen LogP contribution in [0.3, 0.4) is 0 Å². The third-order valence-electron chi connectivity index (χ3n) is 4.07. The lowest BCUT2D eigenvalue weighted by Gasteiger charge is -2.32. The number of nitrogens with zero attached hydrogens (tertiary/aromatic N) is 2. The van der Waals surface area contributed by atoms with Crippen LogP contribution in [0.15, 0.2) is 24.3 Å². The van der Waals surface area contributed by atoms with E-state index in [1.165, 1.54) is 0 Å². The van der Waals surface area contributed by atoms with Gasteiger partial charge in [0.1, 0.15) is 0 Å². The standard InChI is InChI=1S/C17H25N3O2/c1-14(2)15-5-3-4-6-16(15)18-17(22)7-8-19-9-11-20(13-21)12-10-19/h3-6,13-14H,7-12H2,1-2H3,(H,18,22). The summed E-state index contributed by atoms with van der Waals surface area (Å²) in [4.78, 5) is 26.8. The molecule has 0 saturated carbocycles. The normalized spacial score (nSPS) is 15.9. The number of para-hydroxylation sites is 1. The first-order valence-corrected chi connectivity index (χ1v) is 7.90. The van der Waals surface area contributed by atoms with Crippen LogP contribution in [0.5, 0.6) is 0 Å². The largest absolute Gasteiger partial charge is 0.343 e. The van der Waals surface area contributed by atoms with Crippen molar-refractivity contribution in [2.75, 3.05) is 38.0 Å². The SMILES string of the molecule is CC(C)c1ccccc1NC(=O)CCN1CCN(C=O)CC1. The molecule has 120 valence electrons. The minimum Gasteiger partial charge on any atom is -0.343 e. The highest BCUT2D eigenvalue weighted by Crippen LogP contribution is 2.23. The second-order valence-corrected chi connectivity index (χ2v) is 6.02. The van der Waals surface area contributed by atoms with Crippen LogP contribution in [0.2, 0.25) is 0 Å². The predicted molar refractivity (Wildman–Crippen MR) is 87.9 cm³/mol. The Morgan fingerprint density at radius 3 is 2.55 bits per heavy atom. The molecule has 0 aromatic heterocycles. The molecule has 1 aromatic carbocycles. The number of anilines is 1. The number of carbonyl (C=O) groups excluding carboxylic acids is 2. The van der Waals surface area contributed by atoms with Crippen LogP contribution in [0.4, 0.5) is 5.69 Å². The molecule has 1 aliphatic rings. The highest BCUT2D eigenvalue weighted by atomic mass is 16.1. The molecule has 1 aromatic rings. The van der Waals surface area contributed by atoms with Crippen LogP contribution >= 0.6 is 0 Å². The van der Waals surface area contributed by atoms with E-state index in [2.05, 4.69) is 30.1 Å². The van der Waals surface area contributed by atoms with Gasteiger partial charge in [0.15, 0.2) is 0 Å². The lowest BCUT2D eigenvalue weighted by Crippen LogP contribution is -2.46. The Kier molecular flexibility index (Phi) is 5.95. The van der Waals surface area contributed by atoms with Crippen molar-refractivity contribution in [3.05, 3.63) is 29.8 Å². The molecule has 5 nitrogen and oxygen atoms in total. The summed E-state index contributed by atoms with van der Waals surface area (Å²) in [5.74, 6) is 0.429. The molecule has 1 aliphatic heterocycles. The molecule has 0 unspecified atom stereocenters. The Bertz CT molecular complexity index is 508. The van der Waals surface area contributed by atoms with Gasteiger partial charge < -0.3 is 10.2 Å². The topological polar surface area (TPSA) is 52.7 Å². The molecular weight excluding hydrogens is 278 g/mol. The summed E-state index contributed by atoms with van der Waals surface area (Å²) in [5.41, 5.74) is 2.07. The van der Waals surface area contributed by atoms with E-state index in [4.69, 9.17) is 0 Å². The molecule has 2 amide bonds. The molecule has 1 saturated heterocycles. The molecule has 0 bridgehead atoms. The minimum absolute atomic E-state index is 0.0471. The maximum absolute atomic E-state index is 12.1. The van der Waals surface area contributed by atoms with E-state index in [-0.39, 0.29) is 5.91 Å². The van der Waals surface area contributed by atoms with Gasteiger partial charge in [-0.25, -0.2) is 0 Å². The van der Waals surface area contributed by atoms with Crippen molar-refractivity contribution in [2.45, 2.75) is 26.2 Å². The predicted octanol–water partition coefficient (Wildman–Crippen LogP) is 1.91. The summed E-state index contributed by atoms with van der Waals surface area (Å²) in [5, 5.41) is 3.02. The van der Waals surface area contributed by atoms with Gasteiger partial charge >= 0.3 is 0 Å². The summed E-state index contributed by atoms with van der Waals surface area (Å²) in [6.45, 7) is 8.17. The van der Waals surface area contributed by atoms with Gasteiger partial charge in [0, 0.05) is 44.8 Å². The van der Waals surface area contributed by atoms with Crippen molar-refractivity contribution in [2.24, 2.45) is 0 Å². The fraction of sp³-hybridized carbons (Fsp3) is 0.529. The van der Waals surface area contributed by atoms with Crippen LogP contribution in [-0.2, 0) is 9.59 Å². The first kappa shape index (κ1) is 16.5. The van der Waals surface area contributed by atoms with Crippen LogP contribution in [-0.4, -0.2) is 54.8 Å². The third kappa shape index (κ3) is 4.56. The first-order valence-electron chi connectivity index (χ1n) is 7.90. The lowest BCUT2D eigenvalue weighted by atomic mass is 10.0. The number of rotatable bonds is 6. The molecule has 22 heavy (non-hydrogen) atoms. The molecule has 0 radical (unpaired) electrons. The molecule has 0 aliphatic carbocycles. The Balaban J connectivity index is 1.80. The summed E-state index contributed by atoms with van der Waals surface area (Å²) in [7, 11) is 0. The molecule has 1 heterocycles. The average molecular weight is 303 g/mol. The van der Waals surface area contributed by atoms with Crippen LogP contribution < -0.4 is 5.32 Å². The number of carbonyl (C=O) groups is 2. The highest BCUT2D eigenvalue weighted by Gasteiger charge is 2.16. The number of nitrogens with one attached hydrogen (secondary N) is 1. The Morgan fingerprint density at radius 1 is 1.23 bits per heavy atom. The van der Waals surface area contributed by atoms with Gasteiger partial charge in [0.2, 0.25) is 12.3 Å². The number of hydrogen-bond acceptors (Lipinski definition) is 3. The number of amides is 2. The van der Waals surface area contributed by atoms with Crippen molar-refractivity contribution < 1.29 is 9.59 Å².